The molecule has 2 amide bonds. The van der Waals surface area contributed by atoms with Crippen molar-refractivity contribution in [1.29, 1.82) is 0 Å². The third-order valence-electron chi connectivity index (χ3n) is 3.03. The van der Waals surface area contributed by atoms with E-state index in [1.807, 2.05) is 0 Å². The van der Waals surface area contributed by atoms with E-state index in [-0.39, 0.29) is 12.1 Å². The molecule has 6 nitrogen and oxygen atoms in total. The number of amides is 2. The molecule has 0 unspecified atom stereocenters. The van der Waals surface area contributed by atoms with Crippen molar-refractivity contribution in [2.75, 3.05) is 13.7 Å². The predicted molar refractivity (Wildman–Crippen MR) is 87.5 cm³/mol. The maximum absolute atomic E-state index is 12.8. The zero-order valence-electron chi connectivity index (χ0n) is 13.0. The van der Waals surface area contributed by atoms with Crippen molar-refractivity contribution in [3.8, 4) is 5.75 Å². The number of benzene rings is 2. The summed E-state index contributed by atoms with van der Waals surface area (Å²) in [6.45, 7) is -0.240. The van der Waals surface area contributed by atoms with E-state index in [0.29, 0.717) is 0 Å². The minimum absolute atomic E-state index is 0.240. The van der Waals surface area contributed by atoms with E-state index >= 15 is 0 Å². The van der Waals surface area contributed by atoms with Crippen LogP contribution in [-0.4, -0.2) is 31.7 Å². The number of hydrogen-bond acceptors (Lipinski definition) is 4. The van der Waals surface area contributed by atoms with Crippen molar-refractivity contribution in [3.05, 3.63) is 65.5 Å². The molecule has 0 aliphatic heterocycles. The van der Waals surface area contributed by atoms with Gasteiger partial charge in [0.2, 0.25) is 0 Å². The molecule has 2 rings (SSSR count). The third-order valence-corrected chi connectivity index (χ3v) is 3.03. The normalized spacial score (nSPS) is 10.4. The molecule has 0 saturated heterocycles. The number of rotatable bonds is 6. The molecular formula is C17H16FN3O3. The lowest BCUT2D eigenvalue weighted by Crippen LogP contribution is -2.34. The van der Waals surface area contributed by atoms with Crippen molar-refractivity contribution in [3.63, 3.8) is 0 Å². The summed E-state index contributed by atoms with van der Waals surface area (Å²) in [4.78, 5) is 23.4. The SMILES string of the molecule is COc1ccc(C=NNC(=O)CNC(=O)c2ccc(F)cc2)cc1. The topological polar surface area (TPSA) is 79.8 Å². The predicted octanol–water partition coefficient (Wildman–Crippen LogP) is 1.71. The van der Waals surface area contributed by atoms with E-state index in [4.69, 9.17) is 4.74 Å². The van der Waals surface area contributed by atoms with E-state index in [9.17, 15) is 14.0 Å². The van der Waals surface area contributed by atoms with Crippen LogP contribution in [0.2, 0.25) is 0 Å². The highest BCUT2D eigenvalue weighted by Crippen LogP contribution is 2.09. The van der Waals surface area contributed by atoms with Crippen LogP contribution in [0.4, 0.5) is 4.39 Å². The highest BCUT2D eigenvalue weighted by molar-refractivity contribution is 5.96. The van der Waals surface area contributed by atoms with Crippen LogP contribution in [-0.2, 0) is 4.79 Å². The molecule has 0 aliphatic carbocycles. The summed E-state index contributed by atoms with van der Waals surface area (Å²) in [5.41, 5.74) is 3.35. The smallest absolute Gasteiger partial charge is 0.259 e. The quantitative estimate of drug-likeness (QED) is 0.625. The number of carbonyl (C=O) groups excluding carboxylic acids is 2. The molecule has 0 aromatic heterocycles. The highest BCUT2D eigenvalue weighted by atomic mass is 19.1. The molecule has 0 saturated carbocycles. The Morgan fingerprint density at radius 3 is 2.42 bits per heavy atom. The molecule has 2 N–H and O–H groups in total. The molecule has 0 atom stereocenters. The minimum Gasteiger partial charge on any atom is -0.497 e. The molecule has 124 valence electrons. The fourth-order valence-corrected chi connectivity index (χ4v) is 1.77. The third kappa shape index (κ3) is 5.20. The zero-order valence-corrected chi connectivity index (χ0v) is 13.0. The van der Waals surface area contributed by atoms with Crippen molar-refractivity contribution < 1.29 is 18.7 Å². The second kappa shape index (κ2) is 8.42. The Balaban J connectivity index is 1.77. The van der Waals surface area contributed by atoms with Gasteiger partial charge in [-0.1, -0.05) is 0 Å². The van der Waals surface area contributed by atoms with Crippen LogP contribution < -0.4 is 15.5 Å². The van der Waals surface area contributed by atoms with Crippen LogP contribution in [0.15, 0.2) is 53.6 Å². The Bertz CT molecular complexity index is 728. The summed E-state index contributed by atoms with van der Waals surface area (Å²) < 4.78 is 17.8. The number of hydrazone groups is 1. The van der Waals surface area contributed by atoms with Gasteiger partial charge in [0.1, 0.15) is 11.6 Å². The molecular weight excluding hydrogens is 313 g/mol. The van der Waals surface area contributed by atoms with Gasteiger partial charge in [0, 0.05) is 5.56 Å². The maximum Gasteiger partial charge on any atom is 0.259 e. The van der Waals surface area contributed by atoms with Gasteiger partial charge in [-0.05, 0) is 54.1 Å². The Kier molecular flexibility index (Phi) is 6.01. The first-order chi connectivity index (χ1) is 11.6. The van der Waals surface area contributed by atoms with E-state index < -0.39 is 17.6 Å². The van der Waals surface area contributed by atoms with E-state index in [1.165, 1.54) is 30.5 Å². The summed E-state index contributed by atoms with van der Waals surface area (Å²) in [6.07, 6.45) is 1.47. The average molecular weight is 329 g/mol. The number of ether oxygens (including phenoxy) is 1. The first-order valence-electron chi connectivity index (χ1n) is 7.08. The Morgan fingerprint density at radius 1 is 1.12 bits per heavy atom. The van der Waals surface area contributed by atoms with Gasteiger partial charge in [-0.15, -0.1) is 0 Å². The summed E-state index contributed by atoms with van der Waals surface area (Å²) in [5, 5.41) is 6.21. The monoisotopic (exact) mass is 329 g/mol. The number of methoxy groups -OCH3 is 1. The van der Waals surface area contributed by atoms with Gasteiger partial charge in [-0.2, -0.15) is 5.10 Å². The molecule has 0 heterocycles. The molecule has 0 aliphatic rings. The number of carbonyl (C=O) groups is 2. The van der Waals surface area contributed by atoms with E-state index in [0.717, 1.165) is 11.3 Å². The summed E-state index contributed by atoms with van der Waals surface area (Å²) >= 11 is 0. The molecule has 0 spiro atoms. The summed E-state index contributed by atoms with van der Waals surface area (Å²) in [5.74, 6) is -0.656. The van der Waals surface area contributed by atoms with Crippen molar-refractivity contribution >= 4 is 18.0 Å². The Hall–Kier alpha value is -3.22. The first-order valence-corrected chi connectivity index (χ1v) is 7.08. The lowest BCUT2D eigenvalue weighted by atomic mass is 10.2. The molecule has 24 heavy (non-hydrogen) atoms. The fourth-order valence-electron chi connectivity index (χ4n) is 1.77. The first kappa shape index (κ1) is 17.1. The summed E-state index contributed by atoms with van der Waals surface area (Å²) in [7, 11) is 1.57. The van der Waals surface area contributed by atoms with Gasteiger partial charge < -0.3 is 10.1 Å². The van der Waals surface area contributed by atoms with Crippen LogP contribution in [0.25, 0.3) is 0 Å². The van der Waals surface area contributed by atoms with Crippen molar-refractivity contribution in [2.45, 2.75) is 0 Å². The van der Waals surface area contributed by atoms with Gasteiger partial charge in [-0.25, -0.2) is 9.82 Å². The largest absolute Gasteiger partial charge is 0.497 e. The number of nitrogens with zero attached hydrogens (tertiary/aromatic N) is 1. The van der Waals surface area contributed by atoms with Crippen LogP contribution in [0.1, 0.15) is 15.9 Å². The lowest BCUT2D eigenvalue weighted by molar-refractivity contribution is -0.120. The molecule has 2 aromatic rings. The summed E-state index contributed by atoms with van der Waals surface area (Å²) in [6, 6.07) is 12.1. The van der Waals surface area contributed by atoms with Crippen molar-refractivity contribution in [1.82, 2.24) is 10.7 Å². The van der Waals surface area contributed by atoms with Gasteiger partial charge in [0.05, 0.1) is 19.9 Å². The fraction of sp³-hybridized carbons (Fsp3) is 0.118. The molecule has 0 fully saturated rings. The lowest BCUT2D eigenvalue weighted by Gasteiger charge is -2.04. The Labute approximate surface area is 138 Å². The average Bonchev–Trinajstić information content (AvgIpc) is 2.61. The highest BCUT2D eigenvalue weighted by Gasteiger charge is 2.07. The van der Waals surface area contributed by atoms with E-state index in [2.05, 4.69) is 15.8 Å². The number of nitrogens with one attached hydrogen (secondary N) is 2. The number of hydrogen-bond donors (Lipinski definition) is 2. The molecule has 2 aromatic carbocycles. The number of halogens is 1. The zero-order chi connectivity index (χ0) is 17.4. The van der Waals surface area contributed by atoms with Gasteiger partial charge in [-0.3, -0.25) is 9.59 Å². The van der Waals surface area contributed by atoms with Crippen LogP contribution in [0.3, 0.4) is 0 Å². The van der Waals surface area contributed by atoms with Gasteiger partial charge in [0.25, 0.3) is 11.8 Å². The molecule has 0 bridgehead atoms. The van der Waals surface area contributed by atoms with Gasteiger partial charge >= 0.3 is 0 Å². The van der Waals surface area contributed by atoms with Crippen molar-refractivity contribution in [2.24, 2.45) is 5.10 Å². The molecule has 0 radical (unpaired) electrons. The van der Waals surface area contributed by atoms with Crippen LogP contribution >= 0.6 is 0 Å². The van der Waals surface area contributed by atoms with Crippen LogP contribution in [0, 0.1) is 5.82 Å². The second-order valence-electron chi connectivity index (χ2n) is 4.76. The van der Waals surface area contributed by atoms with E-state index in [1.54, 1.807) is 31.4 Å². The van der Waals surface area contributed by atoms with Gasteiger partial charge in [0.15, 0.2) is 0 Å². The Morgan fingerprint density at radius 2 is 1.79 bits per heavy atom. The molecule has 7 heteroatoms. The standard InChI is InChI=1S/C17H16FN3O3/c1-24-15-8-2-12(3-9-15)10-20-21-16(22)11-19-17(23)13-4-6-14(18)7-5-13/h2-10H,11H2,1H3,(H,19,23)(H,21,22). The maximum atomic E-state index is 12.8. The minimum atomic E-state index is -0.477. The second-order valence-corrected chi connectivity index (χ2v) is 4.76. The van der Waals surface area contributed by atoms with Crippen LogP contribution in [0.5, 0.6) is 5.75 Å².